The Morgan fingerprint density at radius 2 is 1.34 bits per heavy atom. The maximum absolute atomic E-state index is 16.9. The van der Waals surface area contributed by atoms with E-state index < -0.39 is 23.8 Å². The fourth-order valence-electron chi connectivity index (χ4n) is 10.5. The highest BCUT2D eigenvalue weighted by molar-refractivity contribution is 6.35. The van der Waals surface area contributed by atoms with Gasteiger partial charge in [-0.25, -0.2) is 14.2 Å². The number of piperazine rings is 1. The van der Waals surface area contributed by atoms with E-state index in [4.69, 9.17) is 66.1 Å². The summed E-state index contributed by atoms with van der Waals surface area (Å²) in [4.78, 5) is 76.7. The highest BCUT2D eigenvalue weighted by Gasteiger charge is 2.39. The first-order chi connectivity index (χ1) is 43.8. The topological polar surface area (TPSA) is 263 Å². The van der Waals surface area contributed by atoms with Gasteiger partial charge in [-0.3, -0.25) is 24.5 Å². The second-order valence-corrected chi connectivity index (χ2v) is 22.0. The molecule has 1 atom stereocenters. The van der Waals surface area contributed by atoms with Crippen molar-refractivity contribution in [3.63, 3.8) is 0 Å². The number of aromatic nitrogens is 2. The van der Waals surface area contributed by atoms with Crippen LogP contribution in [0.4, 0.5) is 26.6 Å². The molecule has 23 nitrogen and oxygen atoms in total. The summed E-state index contributed by atoms with van der Waals surface area (Å²) < 4.78 is 62.0. The van der Waals surface area contributed by atoms with E-state index in [2.05, 4.69) is 32.8 Å². The van der Waals surface area contributed by atoms with Crippen molar-refractivity contribution >= 4 is 92.0 Å². The minimum atomic E-state index is -0.698. The number of halogens is 3. The molecule has 0 radical (unpaired) electrons. The van der Waals surface area contributed by atoms with Crippen LogP contribution >= 0.6 is 23.2 Å². The van der Waals surface area contributed by atoms with Gasteiger partial charge in [0.1, 0.15) is 23.1 Å². The summed E-state index contributed by atoms with van der Waals surface area (Å²) in [7, 11) is 0. The first kappa shape index (κ1) is 66.8. The van der Waals surface area contributed by atoms with E-state index in [1.165, 1.54) is 17.0 Å². The fourth-order valence-corrected chi connectivity index (χ4v) is 11.1. The van der Waals surface area contributed by atoms with Gasteiger partial charge in [0.15, 0.2) is 5.82 Å². The molecule has 0 aliphatic carbocycles. The molecule has 3 aliphatic rings. The first-order valence-electron chi connectivity index (χ1n) is 29.9. The summed E-state index contributed by atoms with van der Waals surface area (Å²) in [5, 5.41) is 24.2. The van der Waals surface area contributed by atoms with Crippen molar-refractivity contribution in [1.82, 2.24) is 30.4 Å². The molecule has 6 amide bonds. The Hall–Kier alpha value is -7.62. The molecule has 2 saturated heterocycles. The fraction of sp³-hybridized carbons (Fsp3) is 0.422. The van der Waals surface area contributed by atoms with Gasteiger partial charge in [0, 0.05) is 79.5 Å². The molecule has 5 aromatic carbocycles. The van der Waals surface area contributed by atoms with Crippen LogP contribution in [-0.4, -0.2) is 199 Å². The predicted octanol–water partition coefficient (Wildman–Crippen LogP) is 7.31. The number of piperidine rings is 1. The largest absolute Gasteiger partial charge is 0.508 e. The van der Waals surface area contributed by atoms with Crippen molar-refractivity contribution < 1.29 is 71.4 Å². The standard InChI is InChI=1S/C64H74Cl2FN9O14/c1-2-56(79)74-13-15-75(16-14-74)60-52-39-53(66)57(51-38-48(77)36-44-5-3-4-6-49(44)51)58(67)59(52)72-63(73-60)68-12-18-84-20-22-86-24-26-88-28-30-90-32-31-89-29-27-87-25-23-85-21-19-83-17-11-42-34-46(65)37-47(35-42)70-64(82)69-40-43-7-8-50-45(33-43)41-76(62(50)81)54-9-10-55(78)71-61(54)80/h2-8,33-39,54,77H,1,9-32,40-41H2,(H,68,72,73)(H2,69,70,82)(H,71,78,80). The molecule has 1 aromatic heterocycles. The summed E-state index contributed by atoms with van der Waals surface area (Å²) in [5.41, 5.74) is 4.03. The molecule has 3 aliphatic heterocycles. The SMILES string of the molecule is C=CC(=O)N1CCN(c2nc(NCCOCCOCCOCCOCCOCCOCCOCCOCCc3cc(Cl)cc(NC(=O)NCc4ccc5c(c4)CN(C4CCC(=O)NC4=O)C5=O)c3)nc3c(F)c(-c4cc(O)cc5ccccc45)c(Cl)cc23)CC1. The van der Waals surface area contributed by atoms with Gasteiger partial charge < -0.3 is 73.7 Å². The van der Waals surface area contributed by atoms with Gasteiger partial charge in [-0.2, -0.15) is 4.98 Å². The van der Waals surface area contributed by atoms with Crippen LogP contribution < -0.4 is 26.2 Å². The van der Waals surface area contributed by atoms with Crippen molar-refractivity contribution in [2.45, 2.75) is 38.4 Å². The second-order valence-electron chi connectivity index (χ2n) is 21.2. The molecule has 1 unspecified atom stereocenters. The van der Waals surface area contributed by atoms with Crippen molar-refractivity contribution in [3.05, 3.63) is 130 Å². The Kier molecular flexibility index (Phi) is 25.2. The van der Waals surface area contributed by atoms with Crippen LogP contribution in [0.1, 0.15) is 39.9 Å². The van der Waals surface area contributed by atoms with Crippen LogP contribution in [0.3, 0.4) is 0 Å². The van der Waals surface area contributed by atoms with Gasteiger partial charge in [0.25, 0.3) is 5.91 Å². The van der Waals surface area contributed by atoms with E-state index in [9.17, 15) is 29.1 Å². The van der Waals surface area contributed by atoms with E-state index in [1.807, 2.05) is 47.4 Å². The molecular formula is C64H74Cl2FN9O14. The average molecular weight is 1280 g/mol. The van der Waals surface area contributed by atoms with Crippen LogP contribution in [0.15, 0.2) is 91.5 Å². The number of urea groups is 1. The molecule has 2 fully saturated rings. The number of benzene rings is 5. The molecule has 6 aromatic rings. The number of aromatic hydroxyl groups is 1. The number of nitrogens with one attached hydrogen (secondary N) is 4. The molecule has 9 rings (SSSR count). The second kappa shape index (κ2) is 34.0. The number of carbonyl (C=O) groups is 5. The number of amides is 6. The van der Waals surface area contributed by atoms with E-state index in [0.717, 1.165) is 22.1 Å². The van der Waals surface area contributed by atoms with Gasteiger partial charge in [0.2, 0.25) is 23.7 Å². The third kappa shape index (κ3) is 18.7. The highest BCUT2D eigenvalue weighted by atomic mass is 35.5. The number of nitrogens with zero attached hydrogens (tertiary/aromatic N) is 5. The third-order valence-corrected chi connectivity index (χ3v) is 15.5. The van der Waals surface area contributed by atoms with Gasteiger partial charge in [-0.05, 0) is 94.4 Å². The number of hydrogen-bond donors (Lipinski definition) is 5. The van der Waals surface area contributed by atoms with Gasteiger partial charge in [-0.1, -0.05) is 66.2 Å². The Morgan fingerprint density at radius 1 is 0.711 bits per heavy atom. The van der Waals surface area contributed by atoms with Crippen LogP contribution in [0.5, 0.6) is 5.75 Å². The maximum atomic E-state index is 16.9. The molecule has 480 valence electrons. The smallest absolute Gasteiger partial charge is 0.319 e. The minimum absolute atomic E-state index is 0.0267. The summed E-state index contributed by atoms with van der Waals surface area (Å²) >= 11 is 13.2. The lowest BCUT2D eigenvalue weighted by Gasteiger charge is -2.35. The lowest BCUT2D eigenvalue weighted by molar-refractivity contribution is -0.137. The summed E-state index contributed by atoms with van der Waals surface area (Å²) in [6.07, 6.45) is 2.32. The van der Waals surface area contributed by atoms with E-state index in [1.54, 1.807) is 35.2 Å². The number of rotatable bonds is 35. The lowest BCUT2D eigenvalue weighted by atomic mass is 9.96. The first-order valence-corrected chi connectivity index (χ1v) is 30.6. The number of phenolic OH excluding ortho intramolecular Hbond substituents is 1. The molecule has 0 spiro atoms. The van der Waals surface area contributed by atoms with Crippen LogP contribution in [0, 0.1) is 5.82 Å². The molecule has 90 heavy (non-hydrogen) atoms. The van der Waals surface area contributed by atoms with Crippen molar-refractivity contribution in [2.75, 3.05) is 154 Å². The average Bonchev–Trinajstić information content (AvgIpc) is 0.804. The van der Waals surface area contributed by atoms with Crippen molar-refractivity contribution in [1.29, 1.82) is 0 Å². The molecule has 0 bridgehead atoms. The Balaban J connectivity index is 0.554. The van der Waals surface area contributed by atoms with Crippen LogP contribution in [-0.2, 0) is 71.8 Å². The van der Waals surface area contributed by atoms with Crippen LogP contribution in [0.2, 0.25) is 10.0 Å². The predicted molar refractivity (Wildman–Crippen MR) is 337 cm³/mol. The number of hydrogen-bond acceptors (Lipinski definition) is 18. The summed E-state index contributed by atoms with van der Waals surface area (Å²) in [5.74, 6) is -1.24. The maximum Gasteiger partial charge on any atom is 0.319 e. The molecule has 0 saturated carbocycles. The molecule has 5 N–H and O–H groups in total. The Bertz CT molecular complexity index is 3490. The number of phenols is 1. The third-order valence-electron chi connectivity index (χ3n) is 15.0. The lowest BCUT2D eigenvalue weighted by Crippen LogP contribution is -2.52. The zero-order valence-electron chi connectivity index (χ0n) is 49.9. The zero-order chi connectivity index (χ0) is 63.2. The monoisotopic (exact) mass is 1280 g/mol. The number of anilines is 3. The summed E-state index contributed by atoms with van der Waals surface area (Å²) in [6.45, 7) is 12.4. The highest BCUT2D eigenvalue weighted by Crippen LogP contribution is 2.42. The van der Waals surface area contributed by atoms with Gasteiger partial charge in [-0.15, -0.1) is 0 Å². The Labute approximate surface area is 530 Å². The van der Waals surface area contributed by atoms with Crippen molar-refractivity contribution in [2.24, 2.45) is 0 Å². The molecule has 4 heterocycles. The molecular weight excluding hydrogens is 1210 g/mol. The quantitative estimate of drug-likeness (QED) is 0.0148. The Morgan fingerprint density at radius 3 is 1.99 bits per heavy atom. The number of ether oxygens (including phenoxy) is 8. The number of fused-ring (bicyclic) bond motifs is 3. The number of imide groups is 1. The normalized spacial score (nSPS) is 15.0. The minimum Gasteiger partial charge on any atom is -0.508 e. The van der Waals surface area contributed by atoms with Crippen LogP contribution in [0.25, 0.3) is 32.8 Å². The zero-order valence-corrected chi connectivity index (χ0v) is 51.4. The van der Waals surface area contributed by atoms with Crippen molar-refractivity contribution in [3.8, 4) is 16.9 Å². The number of carbonyl (C=O) groups excluding carboxylic acids is 5. The summed E-state index contributed by atoms with van der Waals surface area (Å²) in [6, 6.07) is 21.6. The van der Waals surface area contributed by atoms with E-state index in [0.29, 0.717) is 183 Å². The van der Waals surface area contributed by atoms with E-state index in [-0.39, 0.29) is 71.5 Å². The molecule has 26 heteroatoms. The van der Waals surface area contributed by atoms with E-state index >= 15 is 4.39 Å². The van der Waals surface area contributed by atoms with Gasteiger partial charge in [0.05, 0.1) is 111 Å². The van der Waals surface area contributed by atoms with Gasteiger partial charge >= 0.3 is 6.03 Å².